The Kier molecular flexibility index (Phi) is 1.40. The minimum atomic E-state index is 0.292. The Morgan fingerprint density at radius 2 is 2.33 bits per heavy atom. The molecule has 12 heavy (non-hydrogen) atoms. The molecule has 0 aliphatic rings. The van der Waals surface area contributed by atoms with Gasteiger partial charge in [-0.25, -0.2) is 0 Å². The quantitative estimate of drug-likeness (QED) is 0.698. The number of hydrogen-bond acceptors (Lipinski definition) is 4. The van der Waals surface area contributed by atoms with Crippen molar-refractivity contribution in [1.29, 1.82) is 0 Å². The topological polar surface area (TPSA) is 65.2 Å². The lowest BCUT2D eigenvalue weighted by Gasteiger charge is -1.88. The number of rotatable bonds is 1. The molecular weight excluding hydrogens is 156 g/mol. The third-order valence-electron chi connectivity index (χ3n) is 1.62. The van der Waals surface area contributed by atoms with Crippen LogP contribution in [0.15, 0.2) is 27.3 Å². The zero-order chi connectivity index (χ0) is 8.55. The summed E-state index contributed by atoms with van der Waals surface area (Å²) in [5, 5.41) is 3.73. The summed E-state index contributed by atoms with van der Waals surface area (Å²) >= 11 is 0. The molecule has 0 radical (unpaired) electrons. The molecule has 4 nitrogen and oxygen atoms in total. The molecule has 0 amide bonds. The lowest BCUT2D eigenvalue weighted by atomic mass is 10.2. The number of nitrogens with two attached hydrogens (primary N) is 1. The van der Waals surface area contributed by atoms with E-state index in [4.69, 9.17) is 14.7 Å². The largest absolute Gasteiger partial charge is 0.462 e. The maximum atomic E-state index is 5.36. The van der Waals surface area contributed by atoms with Crippen LogP contribution in [0.5, 0.6) is 0 Å². The van der Waals surface area contributed by atoms with Gasteiger partial charge >= 0.3 is 0 Å². The van der Waals surface area contributed by atoms with Crippen LogP contribution in [0.2, 0.25) is 0 Å². The summed E-state index contributed by atoms with van der Waals surface area (Å²) in [5.41, 5.74) is 7.02. The van der Waals surface area contributed by atoms with Gasteiger partial charge in [0.25, 0.3) is 0 Å². The van der Waals surface area contributed by atoms with Gasteiger partial charge in [-0.1, -0.05) is 5.16 Å². The van der Waals surface area contributed by atoms with Crippen LogP contribution in [-0.4, -0.2) is 5.16 Å². The Labute approximate surface area is 69.0 Å². The number of aromatic nitrogens is 1. The van der Waals surface area contributed by atoms with Crippen molar-refractivity contribution in [2.45, 2.75) is 6.92 Å². The van der Waals surface area contributed by atoms with Crippen molar-refractivity contribution in [3.05, 3.63) is 24.0 Å². The second kappa shape index (κ2) is 2.41. The first-order valence-corrected chi connectivity index (χ1v) is 3.54. The van der Waals surface area contributed by atoms with Crippen LogP contribution < -0.4 is 5.73 Å². The molecule has 0 fully saturated rings. The lowest BCUT2D eigenvalue weighted by molar-refractivity contribution is 0.435. The van der Waals surface area contributed by atoms with Crippen molar-refractivity contribution >= 4 is 5.88 Å². The van der Waals surface area contributed by atoms with Crippen LogP contribution in [-0.2, 0) is 0 Å². The summed E-state index contributed by atoms with van der Waals surface area (Å²) in [6.45, 7) is 1.93. The molecule has 2 N–H and O–H groups in total. The average molecular weight is 164 g/mol. The van der Waals surface area contributed by atoms with Crippen LogP contribution in [0.1, 0.15) is 5.56 Å². The summed E-state index contributed by atoms with van der Waals surface area (Å²) < 4.78 is 9.90. The molecule has 0 saturated heterocycles. The predicted octanol–water partition coefficient (Wildman–Crippen LogP) is 1.83. The third kappa shape index (κ3) is 0.972. The summed E-state index contributed by atoms with van der Waals surface area (Å²) in [6, 6.07) is 3.49. The summed E-state index contributed by atoms with van der Waals surface area (Å²) in [5.74, 6) is 0.997. The van der Waals surface area contributed by atoms with Crippen molar-refractivity contribution < 1.29 is 8.94 Å². The fourth-order valence-electron chi connectivity index (χ4n) is 1.03. The Balaban J connectivity index is 2.50. The number of furan rings is 1. The molecule has 0 aliphatic carbocycles. The van der Waals surface area contributed by atoms with Crippen molar-refractivity contribution in [2.24, 2.45) is 0 Å². The van der Waals surface area contributed by atoms with Gasteiger partial charge in [0, 0.05) is 6.07 Å². The van der Waals surface area contributed by atoms with Gasteiger partial charge in [0.05, 0.1) is 6.26 Å². The first-order chi connectivity index (χ1) is 5.77. The molecule has 62 valence electrons. The lowest BCUT2D eigenvalue weighted by Crippen LogP contribution is -1.76. The molecular formula is C8H8N2O2. The average Bonchev–Trinajstić information content (AvgIpc) is 2.58. The molecule has 2 aromatic heterocycles. The number of nitrogen functional groups attached to an aromatic ring is 1. The number of aryl methyl sites for hydroxylation is 1. The second-order valence-electron chi connectivity index (χ2n) is 2.55. The molecule has 4 heteroatoms. The number of hydrogen-bond donors (Lipinski definition) is 1. The first kappa shape index (κ1) is 6.97. The van der Waals surface area contributed by atoms with Crippen molar-refractivity contribution in [3.8, 4) is 11.5 Å². The molecule has 0 aliphatic heterocycles. The van der Waals surface area contributed by atoms with Gasteiger partial charge in [0.15, 0.2) is 11.5 Å². The van der Waals surface area contributed by atoms with E-state index in [0.29, 0.717) is 17.3 Å². The van der Waals surface area contributed by atoms with Crippen molar-refractivity contribution in [1.82, 2.24) is 5.16 Å². The molecule has 0 spiro atoms. The van der Waals surface area contributed by atoms with Gasteiger partial charge in [-0.05, 0) is 18.6 Å². The highest BCUT2D eigenvalue weighted by Gasteiger charge is 2.09. The van der Waals surface area contributed by atoms with Crippen molar-refractivity contribution in [3.63, 3.8) is 0 Å². The Morgan fingerprint density at radius 1 is 1.50 bits per heavy atom. The third-order valence-corrected chi connectivity index (χ3v) is 1.62. The zero-order valence-corrected chi connectivity index (χ0v) is 6.57. The molecule has 0 unspecified atom stereocenters. The molecule has 0 atom stereocenters. The molecule has 2 rings (SSSR count). The van der Waals surface area contributed by atoms with E-state index in [9.17, 15) is 0 Å². The van der Waals surface area contributed by atoms with E-state index in [1.54, 1.807) is 12.3 Å². The summed E-state index contributed by atoms with van der Waals surface area (Å²) in [4.78, 5) is 0. The Hall–Kier alpha value is -1.71. The number of nitrogens with zero attached hydrogens (tertiary/aromatic N) is 1. The molecule has 0 aromatic carbocycles. The van der Waals surface area contributed by atoms with Gasteiger partial charge in [0.2, 0.25) is 5.88 Å². The van der Waals surface area contributed by atoms with E-state index < -0.39 is 0 Å². The fraction of sp³-hybridized carbons (Fsp3) is 0.125. The monoisotopic (exact) mass is 164 g/mol. The van der Waals surface area contributed by atoms with E-state index in [0.717, 1.165) is 5.56 Å². The molecule has 0 saturated carbocycles. The van der Waals surface area contributed by atoms with E-state index in [-0.39, 0.29) is 0 Å². The molecule has 2 aromatic rings. The zero-order valence-electron chi connectivity index (χ0n) is 6.57. The van der Waals surface area contributed by atoms with Gasteiger partial charge < -0.3 is 14.7 Å². The smallest absolute Gasteiger partial charge is 0.222 e. The van der Waals surface area contributed by atoms with Crippen LogP contribution in [0, 0.1) is 6.92 Å². The molecule has 0 bridgehead atoms. The van der Waals surface area contributed by atoms with E-state index >= 15 is 0 Å². The molecule has 2 heterocycles. The first-order valence-electron chi connectivity index (χ1n) is 3.54. The minimum Gasteiger partial charge on any atom is -0.462 e. The maximum absolute atomic E-state index is 5.36. The van der Waals surface area contributed by atoms with Gasteiger partial charge in [-0.15, -0.1) is 0 Å². The van der Waals surface area contributed by atoms with Crippen molar-refractivity contribution in [2.75, 3.05) is 5.73 Å². The fourth-order valence-corrected chi connectivity index (χ4v) is 1.03. The van der Waals surface area contributed by atoms with E-state index in [2.05, 4.69) is 5.16 Å². The van der Waals surface area contributed by atoms with E-state index in [1.807, 2.05) is 13.0 Å². The van der Waals surface area contributed by atoms with Crippen LogP contribution >= 0.6 is 0 Å². The normalized spacial score (nSPS) is 10.4. The Bertz CT molecular complexity index is 389. The van der Waals surface area contributed by atoms with Gasteiger partial charge in [-0.3, -0.25) is 0 Å². The summed E-state index contributed by atoms with van der Waals surface area (Å²) in [7, 11) is 0. The van der Waals surface area contributed by atoms with Crippen LogP contribution in [0.25, 0.3) is 11.5 Å². The highest BCUT2D eigenvalue weighted by Crippen LogP contribution is 2.24. The predicted molar refractivity (Wildman–Crippen MR) is 43.4 cm³/mol. The highest BCUT2D eigenvalue weighted by atomic mass is 16.5. The second-order valence-corrected chi connectivity index (χ2v) is 2.55. The summed E-state index contributed by atoms with van der Waals surface area (Å²) in [6.07, 6.45) is 1.61. The van der Waals surface area contributed by atoms with Gasteiger partial charge in [-0.2, -0.15) is 0 Å². The van der Waals surface area contributed by atoms with Crippen LogP contribution in [0.3, 0.4) is 0 Å². The SMILES string of the molecule is Cc1ccoc1-c1cc(N)on1. The minimum absolute atomic E-state index is 0.292. The van der Waals surface area contributed by atoms with Gasteiger partial charge in [0.1, 0.15) is 0 Å². The maximum Gasteiger partial charge on any atom is 0.222 e. The van der Waals surface area contributed by atoms with E-state index in [1.165, 1.54) is 0 Å². The Morgan fingerprint density at radius 3 is 2.83 bits per heavy atom. The van der Waals surface area contributed by atoms with Crippen LogP contribution in [0.4, 0.5) is 5.88 Å². The highest BCUT2D eigenvalue weighted by molar-refractivity contribution is 5.58. The standard InChI is InChI=1S/C8H8N2O2/c1-5-2-3-11-8(5)6-4-7(9)12-10-6/h2-4H,9H2,1H3. The number of anilines is 1.